The van der Waals surface area contributed by atoms with Crippen LogP contribution in [0, 0.1) is 5.41 Å². The molecule has 17 heavy (non-hydrogen) atoms. The van der Waals surface area contributed by atoms with Gasteiger partial charge in [0.1, 0.15) is 17.3 Å². The van der Waals surface area contributed by atoms with Crippen LogP contribution in [0.15, 0.2) is 41.3 Å². The van der Waals surface area contributed by atoms with E-state index in [2.05, 4.69) is 25.9 Å². The zero-order chi connectivity index (χ0) is 12.3. The Kier molecular flexibility index (Phi) is 3.34. The van der Waals surface area contributed by atoms with E-state index in [4.69, 9.17) is 15.9 Å². The van der Waals surface area contributed by atoms with Crippen LogP contribution in [0.3, 0.4) is 0 Å². The van der Waals surface area contributed by atoms with Crippen molar-refractivity contribution in [2.75, 3.05) is 0 Å². The zero-order valence-electron chi connectivity index (χ0n) is 8.72. The number of ether oxygens (including phenoxy) is 1. The summed E-state index contributed by atoms with van der Waals surface area (Å²) in [6, 6.07) is 5.18. The normalized spacial score (nSPS) is 9.94. The third-order valence-corrected chi connectivity index (χ3v) is 2.37. The molecule has 6 heteroatoms. The summed E-state index contributed by atoms with van der Waals surface area (Å²) < 4.78 is 6.38. The fourth-order valence-corrected chi connectivity index (χ4v) is 1.59. The SMILES string of the molecule is N=C(N)c1ncccc1Oc1cncc(Br)c1. The van der Waals surface area contributed by atoms with Crippen LogP contribution in [0.5, 0.6) is 11.5 Å². The van der Waals surface area contributed by atoms with Crippen LogP contribution in [0.1, 0.15) is 5.69 Å². The average molecular weight is 293 g/mol. The number of nitrogens with two attached hydrogens (primary N) is 1. The Bertz CT molecular complexity index is 559. The molecule has 0 aliphatic carbocycles. The minimum atomic E-state index is -0.136. The first kappa shape index (κ1) is 11.5. The summed E-state index contributed by atoms with van der Waals surface area (Å²) in [5, 5.41) is 7.39. The summed E-state index contributed by atoms with van der Waals surface area (Å²) >= 11 is 3.30. The molecule has 2 aromatic rings. The van der Waals surface area contributed by atoms with E-state index in [0.717, 1.165) is 4.47 Å². The molecule has 0 aliphatic heterocycles. The minimum Gasteiger partial charge on any atom is -0.453 e. The highest BCUT2D eigenvalue weighted by Gasteiger charge is 2.08. The molecule has 5 nitrogen and oxygen atoms in total. The van der Waals surface area contributed by atoms with Gasteiger partial charge in [0.25, 0.3) is 0 Å². The summed E-state index contributed by atoms with van der Waals surface area (Å²) in [6.07, 6.45) is 4.78. The van der Waals surface area contributed by atoms with E-state index in [9.17, 15) is 0 Å². The minimum absolute atomic E-state index is 0.136. The quantitative estimate of drug-likeness (QED) is 0.671. The molecule has 0 atom stereocenters. The molecule has 0 spiro atoms. The molecule has 0 bridgehead atoms. The second-order valence-corrected chi connectivity index (χ2v) is 4.12. The van der Waals surface area contributed by atoms with Gasteiger partial charge < -0.3 is 10.5 Å². The van der Waals surface area contributed by atoms with Crippen molar-refractivity contribution in [2.24, 2.45) is 5.73 Å². The maximum atomic E-state index is 7.39. The molecule has 2 heterocycles. The van der Waals surface area contributed by atoms with Crippen molar-refractivity contribution in [1.82, 2.24) is 9.97 Å². The van der Waals surface area contributed by atoms with Crippen LogP contribution in [-0.2, 0) is 0 Å². The van der Waals surface area contributed by atoms with Crippen molar-refractivity contribution in [3.63, 3.8) is 0 Å². The Hall–Kier alpha value is -1.95. The number of hydrogen-bond acceptors (Lipinski definition) is 4. The highest BCUT2D eigenvalue weighted by molar-refractivity contribution is 9.10. The molecular weight excluding hydrogens is 284 g/mol. The number of nitrogens with zero attached hydrogens (tertiary/aromatic N) is 2. The molecule has 0 unspecified atom stereocenters. The van der Waals surface area contributed by atoms with E-state index in [1.807, 2.05) is 0 Å². The number of halogens is 1. The Morgan fingerprint density at radius 2 is 2.24 bits per heavy atom. The fourth-order valence-electron chi connectivity index (χ4n) is 1.25. The molecule has 2 aromatic heterocycles. The van der Waals surface area contributed by atoms with Gasteiger partial charge in [-0.25, -0.2) is 4.98 Å². The summed E-state index contributed by atoms with van der Waals surface area (Å²) in [5.41, 5.74) is 5.73. The number of nitrogen functional groups attached to an aromatic ring is 1. The Morgan fingerprint density at radius 1 is 1.41 bits per heavy atom. The van der Waals surface area contributed by atoms with Crippen LogP contribution >= 0.6 is 15.9 Å². The number of hydrogen-bond donors (Lipinski definition) is 2. The predicted molar refractivity (Wildman–Crippen MR) is 67.3 cm³/mol. The fraction of sp³-hybridized carbons (Fsp3) is 0. The smallest absolute Gasteiger partial charge is 0.156 e. The lowest BCUT2D eigenvalue weighted by molar-refractivity contribution is 0.476. The van der Waals surface area contributed by atoms with E-state index in [-0.39, 0.29) is 5.84 Å². The van der Waals surface area contributed by atoms with Crippen molar-refractivity contribution < 1.29 is 4.74 Å². The third-order valence-electron chi connectivity index (χ3n) is 1.93. The number of aromatic nitrogens is 2. The van der Waals surface area contributed by atoms with Gasteiger partial charge >= 0.3 is 0 Å². The van der Waals surface area contributed by atoms with Crippen molar-refractivity contribution >= 4 is 21.8 Å². The Labute approximate surface area is 106 Å². The maximum Gasteiger partial charge on any atom is 0.156 e. The van der Waals surface area contributed by atoms with Gasteiger partial charge in [-0.15, -0.1) is 0 Å². The second kappa shape index (κ2) is 4.92. The highest BCUT2D eigenvalue weighted by atomic mass is 79.9. The largest absolute Gasteiger partial charge is 0.453 e. The van der Waals surface area contributed by atoms with Crippen LogP contribution < -0.4 is 10.5 Å². The van der Waals surface area contributed by atoms with E-state index in [1.165, 1.54) is 0 Å². The number of pyridine rings is 2. The molecule has 3 N–H and O–H groups in total. The highest BCUT2D eigenvalue weighted by Crippen LogP contribution is 2.24. The Morgan fingerprint density at radius 3 is 2.94 bits per heavy atom. The standard InChI is InChI=1S/C11H9BrN4O/c12-7-4-8(6-15-5-7)17-9-2-1-3-16-10(9)11(13)14/h1-6H,(H3,13,14). The summed E-state index contributed by atoms with van der Waals surface area (Å²) in [6.45, 7) is 0. The molecule has 0 saturated heterocycles. The summed E-state index contributed by atoms with van der Waals surface area (Å²) in [4.78, 5) is 7.97. The second-order valence-electron chi connectivity index (χ2n) is 3.20. The summed E-state index contributed by atoms with van der Waals surface area (Å²) in [7, 11) is 0. The van der Waals surface area contributed by atoms with Crippen molar-refractivity contribution in [3.05, 3.63) is 47.0 Å². The van der Waals surface area contributed by atoms with Gasteiger partial charge in [0.15, 0.2) is 5.75 Å². The monoisotopic (exact) mass is 292 g/mol. The van der Waals surface area contributed by atoms with Gasteiger partial charge in [0.2, 0.25) is 0 Å². The number of amidine groups is 1. The van der Waals surface area contributed by atoms with Gasteiger partial charge in [-0.05, 0) is 34.1 Å². The van der Waals surface area contributed by atoms with E-state index in [0.29, 0.717) is 17.2 Å². The average Bonchev–Trinajstić information content (AvgIpc) is 2.29. The molecule has 2 rings (SSSR count). The van der Waals surface area contributed by atoms with E-state index < -0.39 is 0 Å². The number of nitrogens with one attached hydrogen (secondary N) is 1. The van der Waals surface area contributed by atoms with E-state index >= 15 is 0 Å². The van der Waals surface area contributed by atoms with Gasteiger partial charge in [0, 0.05) is 16.9 Å². The van der Waals surface area contributed by atoms with Crippen LogP contribution in [0.4, 0.5) is 0 Å². The van der Waals surface area contributed by atoms with Crippen LogP contribution in [0.25, 0.3) is 0 Å². The lowest BCUT2D eigenvalue weighted by atomic mass is 10.3. The molecule has 0 aliphatic rings. The van der Waals surface area contributed by atoms with Crippen LogP contribution in [0.2, 0.25) is 0 Å². The molecular formula is C11H9BrN4O. The lowest BCUT2D eigenvalue weighted by Crippen LogP contribution is -2.14. The zero-order valence-corrected chi connectivity index (χ0v) is 10.3. The van der Waals surface area contributed by atoms with Gasteiger partial charge in [-0.2, -0.15) is 0 Å². The van der Waals surface area contributed by atoms with Gasteiger partial charge in [-0.3, -0.25) is 10.4 Å². The predicted octanol–water partition coefficient (Wildman–Crippen LogP) is 2.32. The molecule has 0 fully saturated rings. The maximum absolute atomic E-state index is 7.39. The molecule has 0 saturated carbocycles. The molecule has 86 valence electrons. The molecule has 0 aromatic carbocycles. The van der Waals surface area contributed by atoms with Crippen molar-refractivity contribution in [2.45, 2.75) is 0 Å². The van der Waals surface area contributed by atoms with Gasteiger partial charge in [0.05, 0.1) is 6.20 Å². The number of rotatable bonds is 3. The first-order valence-electron chi connectivity index (χ1n) is 4.74. The van der Waals surface area contributed by atoms with Crippen LogP contribution in [-0.4, -0.2) is 15.8 Å². The van der Waals surface area contributed by atoms with E-state index in [1.54, 1.807) is 36.8 Å². The first-order valence-corrected chi connectivity index (χ1v) is 5.54. The summed E-state index contributed by atoms with van der Waals surface area (Å²) in [5.74, 6) is 0.846. The lowest BCUT2D eigenvalue weighted by Gasteiger charge is -2.08. The third kappa shape index (κ3) is 2.79. The Balaban J connectivity index is 2.33. The van der Waals surface area contributed by atoms with Gasteiger partial charge in [-0.1, -0.05) is 0 Å². The molecule has 0 radical (unpaired) electrons. The van der Waals surface area contributed by atoms with Crippen molar-refractivity contribution in [3.8, 4) is 11.5 Å². The topological polar surface area (TPSA) is 84.9 Å². The first-order chi connectivity index (χ1) is 8.16. The molecule has 0 amide bonds. The van der Waals surface area contributed by atoms with Crippen molar-refractivity contribution in [1.29, 1.82) is 5.41 Å².